The van der Waals surface area contributed by atoms with Gasteiger partial charge in [0.05, 0.1) is 11.4 Å². The molecule has 2 rings (SSSR count). The van der Waals surface area contributed by atoms with Gasteiger partial charge >= 0.3 is 6.09 Å². The molecule has 98 valence electrons. The number of anilines is 2. The second kappa shape index (κ2) is 5.01. The summed E-state index contributed by atoms with van der Waals surface area (Å²) >= 11 is 5.81. The quantitative estimate of drug-likeness (QED) is 0.737. The average molecular weight is 272 g/mol. The first-order chi connectivity index (χ1) is 8.52. The molecule has 6 nitrogen and oxygen atoms in total. The number of hydrogen-bond donors (Lipinski definition) is 3. The molecular formula is C11H14ClN3O3. The summed E-state index contributed by atoms with van der Waals surface area (Å²) in [5.74, 6) is 0.136. The lowest BCUT2D eigenvalue weighted by atomic mass is 10.2. The molecule has 1 heterocycles. The molecule has 0 bridgehead atoms. The van der Waals surface area contributed by atoms with E-state index in [1.54, 1.807) is 12.1 Å². The lowest BCUT2D eigenvalue weighted by Gasteiger charge is -2.18. The highest BCUT2D eigenvalue weighted by Gasteiger charge is 2.34. The van der Waals surface area contributed by atoms with Crippen molar-refractivity contribution < 1.29 is 14.7 Å². The number of cyclic esters (lactones) is 1. The summed E-state index contributed by atoms with van der Waals surface area (Å²) < 4.78 is 5.15. The molecule has 0 radical (unpaired) electrons. The minimum absolute atomic E-state index is 0.136. The molecule has 0 saturated carbocycles. The van der Waals surface area contributed by atoms with E-state index in [1.165, 1.54) is 11.1 Å². The van der Waals surface area contributed by atoms with Gasteiger partial charge in [-0.25, -0.2) is 9.80 Å². The first-order valence-electron chi connectivity index (χ1n) is 5.49. The van der Waals surface area contributed by atoms with E-state index in [0.717, 1.165) is 0 Å². The summed E-state index contributed by atoms with van der Waals surface area (Å²) in [5.41, 5.74) is 5.68. The van der Waals surface area contributed by atoms with Gasteiger partial charge in [-0.15, -0.1) is 0 Å². The van der Waals surface area contributed by atoms with E-state index in [2.05, 4.69) is 5.43 Å². The maximum Gasteiger partial charge on any atom is 0.430 e. The van der Waals surface area contributed by atoms with Gasteiger partial charge in [-0.05, 0) is 18.2 Å². The van der Waals surface area contributed by atoms with Gasteiger partial charge in [0.1, 0.15) is 0 Å². The van der Waals surface area contributed by atoms with E-state index in [9.17, 15) is 4.79 Å². The lowest BCUT2D eigenvalue weighted by Crippen LogP contribution is -2.39. The summed E-state index contributed by atoms with van der Waals surface area (Å²) in [6.07, 6.45) is -0.910. The fraction of sp³-hybridized carbons (Fsp3) is 0.364. The summed E-state index contributed by atoms with van der Waals surface area (Å²) in [4.78, 5) is 11.7. The Morgan fingerprint density at radius 2 is 2.28 bits per heavy atom. The highest BCUT2D eigenvalue weighted by Crippen LogP contribution is 2.30. The molecule has 1 aromatic carbocycles. The van der Waals surface area contributed by atoms with Crippen molar-refractivity contribution in [2.75, 3.05) is 10.5 Å². The molecule has 1 unspecified atom stereocenters. The van der Waals surface area contributed by atoms with Crippen molar-refractivity contribution in [3.05, 3.63) is 23.2 Å². The standard InChI is InChI=1S/C11H14ClN3O3/c1-6(2)10-13-15(11(16)18-10)9-4-3-7(12)5-8(9)14-17/h3-6,10,13-14,17H,1-2H3. The van der Waals surface area contributed by atoms with Crippen molar-refractivity contribution in [3.8, 4) is 0 Å². The minimum Gasteiger partial charge on any atom is -0.427 e. The maximum absolute atomic E-state index is 11.7. The number of carbonyl (C=O) groups is 1. The third-order valence-corrected chi connectivity index (χ3v) is 2.83. The average Bonchev–Trinajstić information content (AvgIpc) is 2.71. The van der Waals surface area contributed by atoms with E-state index < -0.39 is 6.09 Å². The van der Waals surface area contributed by atoms with Gasteiger partial charge in [0.25, 0.3) is 0 Å². The number of hydrogen-bond acceptors (Lipinski definition) is 5. The van der Waals surface area contributed by atoms with Crippen LogP contribution in [0.2, 0.25) is 5.02 Å². The molecule has 1 saturated heterocycles. The third-order valence-electron chi connectivity index (χ3n) is 2.59. The Morgan fingerprint density at radius 3 is 2.83 bits per heavy atom. The fourth-order valence-electron chi connectivity index (χ4n) is 1.61. The van der Waals surface area contributed by atoms with Crippen LogP contribution in [0.15, 0.2) is 18.2 Å². The molecule has 7 heteroatoms. The number of rotatable bonds is 3. The Bertz CT molecular complexity index is 467. The van der Waals surface area contributed by atoms with E-state index in [1.807, 2.05) is 19.3 Å². The molecule has 0 aliphatic carbocycles. The van der Waals surface area contributed by atoms with Gasteiger partial charge in [0.15, 0.2) is 6.23 Å². The van der Waals surface area contributed by atoms with Crippen molar-refractivity contribution in [3.63, 3.8) is 0 Å². The Balaban J connectivity index is 2.29. The van der Waals surface area contributed by atoms with E-state index >= 15 is 0 Å². The zero-order chi connectivity index (χ0) is 13.3. The van der Waals surface area contributed by atoms with Crippen LogP contribution in [0.4, 0.5) is 16.2 Å². The molecule has 0 aromatic heterocycles. The lowest BCUT2D eigenvalue weighted by molar-refractivity contribution is 0.0993. The molecule has 1 aliphatic rings. The molecule has 1 amide bonds. The summed E-state index contributed by atoms with van der Waals surface area (Å²) in [6, 6.07) is 4.74. The number of carbonyl (C=O) groups excluding carboxylic acids is 1. The zero-order valence-electron chi connectivity index (χ0n) is 9.98. The molecule has 0 spiro atoms. The summed E-state index contributed by atoms with van der Waals surface area (Å²) in [5, 5.41) is 10.7. The zero-order valence-corrected chi connectivity index (χ0v) is 10.7. The molecule has 18 heavy (non-hydrogen) atoms. The largest absolute Gasteiger partial charge is 0.430 e. The highest BCUT2D eigenvalue weighted by molar-refractivity contribution is 6.31. The molecule has 3 N–H and O–H groups in total. The van der Waals surface area contributed by atoms with Crippen LogP contribution in [-0.2, 0) is 4.74 Å². The SMILES string of the molecule is CC(C)C1NN(c2ccc(Cl)cc2NO)C(=O)O1. The van der Waals surface area contributed by atoms with Crippen LogP contribution in [0.5, 0.6) is 0 Å². The monoisotopic (exact) mass is 271 g/mol. The summed E-state index contributed by atoms with van der Waals surface area (Å²) in [6.45, 7) is 3.86. The van der Waals surface area contributed by atoms with Gasteiger partial charge in [-0.1, -0.05) is 25.4 Å². The van der Waals surface area contributed by atoms with Crippen molar-refractivity contribution in [1.29, 1.82) is 0 Å². The highest BCUT2D eigenvalue weighted by atomic mass is 35.5. The minimum atomic E-state index is -0.521. The Kier molecular flexibility index (Phi) is 3.60. The molecule has 1 atom stereocenters. The second-order valence-corrected chi connectivity index (χ2v) is 4.72. The Hall–Kier alpha value is -1.50. The predicted octanol–water partition coefficient (Wildman–Crippen LogP) is 2.58. The summed E-state index contributed by atoms with van der Waals surface area (Å²) in [7, 11) is 0. The number of halogens is 1. The number of nitrogens with zero attached hydrogens (tertiary/aromatic N) is 1. The van der Waals surface area contributed by atoms with Gasteiger partial charge in [0, 0.05) is 10.9 Å². The maximum atomic E-state index is 11.7. The Labute approximate surface area is 109 Å². The van der Waals surface area contributed by atoms with Gasteiger partial charge in [-0.2, -0.15) is 5.43 Å². The number of ether oxygens (including phenoxy) is 1. The fourth-order valence-corrected chi connectivity index (χ4v) is 1.79. The van der Waals surface area contributed by atoms with Crippen LogP contribution >= 0.6 is 11.6 Å². The molecule has 1 aromatic rings. The molecular weight excluding hydrogens is 258 g/mol. The molecule has 1 aliphatic heterocycles. The normalized spacial score (nSPS) is 19.3. The Morgan fingerprint density at radius 1 is 1.56 bits per heavy atom. The van der Waals surface area contributed by atoms with E-state index in [-0.39, 0.29) is 12.1 Å². The van der Waals surface area contributed by atoms with Crippen LogP contribution in [0, 0.1) is 5.92 Å². The predicted molar refractivity (Wildman–Crippen MR) is 67.6 cm³/mol. The van der Waals surface area contributed by atoms with E-state index in [4.69, 9.17) is 21.5 Å². The van der Waals surface area contributed by atoms with Crippen molar-refractivity contribution in [1.82, 2.24) is 5.43 Å². The first kappa shape index (κ1) is 12.9. The van der Waals surface area contributed by atoms with E-state index in [0.29, 0.717) is 16.4 Å². The van der Waals surface area contributed by atoms with Gasteiger partial charge in [-0.3, -0.25) is 10.7 Å². The van der Waals surface area contributed by atoms with Crippen LogP contribution < -0.4 is 15.9 Å². The second-order valence-electron chi connectivity index (χ2n) is 4.29. The van der Waals surface area contributed by atoms with Crippen LogP contribution in [-0.4, -0.2) is 17.5 Å². The number of amides is 1. The van der Waals surface area contributed by atoms with Crippen LogP contribution in [0.25, 0.3) is 0 Å². The van der Waals surface area contributed by atoms with Crippen LogP contribution in [0.3, 0.4) is 0 Å². The smallest absolute Gasteiger partial charge is 0.427 e. The number of nitrogens with one attached hydrogen (secondary N) is 2. The van der Waals surface area contributed by atoms with Gasteiger partial charge in [0.2, 0.25) is 0 Å². The van der Waals surface area contributed by atoms with Crippen molar-refractivity contribution >= 4 is 29.1 Å². The van der Waals surface area contributed by atoms with Crippen molar-refractivity contribution in [2.24, 2.45) is 5.92 Å². The topological polar surface area (TPSA) is 73.8 Å². The van der Waals surface area contributed by atoms with Gasteiger partial charge < -0.3 is 4.74 Å². The number of benzene rings is 1. The molecule has 1 fully saturated rings. The van der Waals surface area contributed by atoms with Crippen molar-refractivity contribution in [2.45, 2.75) is 20.1 Å². The third kappa shape index (κ3) is 2.35. The first-order valence-corrected chi connectivity index (χ1v) is 5.87. The number of hydrazine groups is 1. The van der Waals surface area contributed by atoms with Crippen LogP contribution in [0.1, 0.15) is 13.8 Å².